The van der Waals surface area contributed by atoms with Crippen LogP contribution < -0.4 is 24.8 Å². The summed E-state index contributed by atoms with van der Waals surface area (Å²) in [5.41, 5.74) is -6.19. The molecule has 2 fully saturated rings. The molecule has 60 heavy (non-hydrogen) atoms. The molecule has 1 spiro atoms. The van der Waals surface area contributed by atoms with Crippen LogP contribution in [-0.4, -0.2) is 89.1 Å². The average molecular weight is 864 g/mol. The summed E-state index contributed by atoms with van der Waals surface area (Å²) in [5.74, 6) is -1.31. The highest BCUT2D eigenvalue weighted by molar-refractivity contribution is 7.91. The van der Waals surface area contributed by atoms with Gasteiger partial charge in [-0.05, 0) is 90.8 Å². The first-order chi connectivity index (χ1) is 28.0. The number of rotatable bonds is 6. The molecule has 4 unspecified atom stereocenters. The van der Waals surface area contributed by atoms with Crippen LogP contribution in [0.25, 0.3) is 10.9 Å². The van der Waals surface area contributed by atoms with Crippen molar-refractivity contribution in [3.05, 3.63) is 41.6 Å². The van der Waals surface area contributed by atoms with Gasteiger partial charge < -0.3 is 29.7 Å². The number of benzene rings is 1. The summed E-state index contributed by atoms with van der Waals surface area (Å²) in [6.45, 7) is 4.73. The number of carbonyl (C=O) groups is 4. The van der Waals surface area contributed by atoms with E-state index in [2.05, 4.69) is 21.5 Å². The zero-order chi connectivity index (χ0) is 43.9. The number of hydrogen-bond donors (Lipinski definition) is 3. The Morgan fingerprint density at radius 3 is 2.50 bits per heavy atom. The van der Waals surface area contributed by atoms with E-state index in [-0.39, 0.29) is 47.9 Å². The number of alkyl halides is 4. The van der Waals surface area contributed by atoms with Crippen LogP contribution in [0.15, 0.2) is 30.4 Å². The Morgan fingerprint density at radius 1 is 1.12 bits per heavy atom. The first-order valence-corrected chi connectivity index (χ1v) is 21.3. The molecule has 3 N–H and O–H groups in total. The van der Waals surface area contributed by atoms with Crippen LogP contribution in [0.5, 0.6) is 11.5 Å². The molecule has 19 heteroatoms. The van der Waals surface area contributed by atoms with Crippen molar-refractivity contribution < 1.29 is 59.4 Å². The maximum Gasteiger partial charge on any atom is 0.437 e. The van der Waals surface area contributed by atoms with Gasteiger partial charge in [-0.2, -0.15) is 13.2 Å². The molecule has 14 nitrogen and oxygen atoms in total. The smallest absolute Gasteiger partial charge is 0.437 e. The Morgan fingerprint density at radius 2 is 1.85 bits per heavy atom. The fraction of sp³-hybridized carbons (Fsp3) is 0.585. The number of halogens is 4. The Balaban J connectivity index is 1.43. The van der Waals surface area contributed by atoms with E-state index < -0.39 is 105 Å². The van der Waals surface area contributed by atoms with E-state index in [9.17, 15) is 45.2 Å². The quantitative estimate of drug-likeness (QED) is 0.190. The highest BCUT2D eigenvalue weighted by Gasteiger charge is 2.57. The minimum Gasteiger partial charge on any atom is -0.483 e. The zero-order valence-corrected chi connectivity index (χ0v) is 34.6. The second kappa shape index (κ2) is 16.4. The monoisotopic (exact) mass is 863 g/mol. The molecular weight excluding hydrogens is 815 g/mol. The third-order valence-corrected chi connectivity index (χ3v) is 13.5. The molecule has 4 aliphatic rings. The van der Waals surface area contributed by atoms with Gasteiger partial charge in [-0.1, -0.05) is 30.9 Å². The molecule has 1 saturated carbocycles. The van der Waals surface area contributed by atoms with Gasteiger partial charge in [-0.25, -0.2) is 27.3 Å². The van der Waals surface area contributed by atoms with Crippen molar-refractivity contribution in [1.82, 2.24) is 25.2 Å². The van der Waals surface area contributed by atoms with Gasteiger partial charge in [0.25, 0.3) is 5.91 Å². The number of hydrogen-bond acceptors (Lipinski definition) is 10. The lowest BCUT2D eigenvalue weighted by atomic mass is 9.86. The van der Waals surface area contributed by atoms with Gasteiger partial charge in [0.2, 0.25) is 28.7 Å². The number of amides is 4. The molecule has 0 bridgehead atoms. The number of sulfonamides is 1. The Hall–Kier alpha value is -5.12. The number of pyridine rings is 1. The number of nitrogens with one attached hydrogen (secondary N) is 3. The van der Waals surface area contributed by atoms with E-state index in [0.717, 1.165) is 4.90 Å². The van der Waals surface area contributed by atoms with E-state index in [0.29, 0.717) is 38.5 Å². The number of nitrogens with zero attached hydrogens (tertiary/aromatic N) is 2. The molecule has 3 aliphatic heterocycles. The maximum absolute atomic E-state index is 14.8. The highest BCUT2D eigenvalue weighted by Crippen LogP contribution is 2.49. The van der Waals surface area contributed by atoms with Gasteiger partial charge in [0, 0.05) is 23.8 Å². The lowest BCUT2D eigenvalue weighted by Gasteiger charge is -2.37. The van der Waals surface area contributed by atoms with Crippen LogP contribution in [0.1, 0.15) is 103 Å². The molecule has 0 radical (unpaired) electrons. The number of fused-ring (bicyclic) bond motifs is 4. The Kier molecular flexibility index (Phi) is 12.1. The van der Waals surface area contributed by atoms with Crippen LogP contribution in [0.4, 0.5) is 22.4 Å². The number of alkyl carbamates (subject to hydrolysis) is 1. The first kappa shape index (κ1) is 44.4. The average Bonchev–Trinajstić information content (AvgIpc) is 3.83. The second-order valence-corrected chi connectivity index (χ2v) is 19.3. The molecule has 6 rings (SSSR count). The summed E-state index contributed by atoms with van der Waals surface area (Å²) < 4.78 is 101. The molecule has 1 aliphatic carbocycles. The zero-order valence-electron chi connectivity index (χ0n) is 33.8. The predicted octanol–water partition coefficient (Wildman–Crippen LogP) is 5.51. The summed E-state index contributed by atoms with van der Waals surface area (Å²) >= 11 is 0. The Bertz CT molecular complexity index is 2230. The van der Waals surface area contributed by atoms with Crippen LogP contribution in [0, 0.1) is 12.3 Å². The van der Waals surface area contributed by atoms with Crippen LogP contribution >= 0.6 is 0 Å². The molecule has 1 aromatic heterocycles. The lowest BCUT2D eigenvalue weighted by Crippen LogP contribution is -2.63. The van der Waals surface area contributed by atoms with Gasteiger partial charge in [-0.15, -0.1) is 6.42 Å². The number of allylic oxidation sites excluding steroid dienone is 1. The third-order valence-electron chi connectivity index (χ3n) is 11.4. The van der Waals surface area contributed by atoms with E-state index in [4.69, 9.17) is 20.6 Å². The number of ether oxygens (including phenoxy) is 3. The van der Waals surface area contributed by atoms with Crippen molar-refractivity contribution in [2.75, 3.05) is 13.4 Å². The Labute approximate surface area is 345 Å². The molecule has 1 saturated heterocycles. The van der Waals surface area contributed by atoms with Crippen molar-refractivity contribution in [2.24, 2.45) is 0 Å². The van der Waals surface area contributed by atoms with Gasteiger partial charge in [0.1, 0.15) is 29.0 Å². The molecule has 4 heterocycles. The number of aryl methyl sites for hydroxylation is 1. The van der Waals surface area contributed by atoms with Crippen LogP contribution in [0.2, 0.25) is 0 Å². The summed E-state index contributed by atoms with van der Waals surface area (Å²) in [6, 6.07) is 1.09. The van der Waals surface area contributed by atoms with E-state index in [1.54, 1.807) is 32.9 Å². The first-order valence-electron chi connectivity index (χ1n) is 19.8. The van der Waals surface area contributed by atoms with Crippen molar-refractivity contribution in [3.8, 4) is 23.8 Å². The van der Waals surface area contributed by atoms with E-state index >= 15 is 0 Å². The fourth-order valence-corrected chi connectivity index (χ4v) is 9.09. The van der Waals surface area contributed by atoms with Gasteiger partial charge in [-0.3, -0.25) is 14.4 Å². The molecular formula is C41H49F4N5O9S. The van der Waals surface area contributed by atoms with Crippen LogP contribution in [0.3, 0.4) is 0 Å². The largest absolute Gasteiger partial charge is 0.483 e. The highest BCUT2D eigenvalue weighted by atomic mass is 32.2. The molecule has 326 valence electrons. The van der Waals surface area contributed by atoms with E-state index in [1.165, 1.54) is 25.1 Å². The molecule has 4 atom stereocenters. The van der Waals surface area contributed by atoms with Gasteiger partial charge in [0.15, 0.2) is 17.0 Å². The minimum atomic E-state index is -5.02. The lowest BCUT2D eigenvalue weighted by molar-refractivity contribution is -0.144. The van der Waals surface area contributed by atoms with Crippen molar-refractivity contribution in [1.29, 1.82) is 0 Å². The summed E-state index contributed by atoms with van der Waals surface area (Å²) in [7, 11) is -4.24. The van der Waals surface area contributed by atoms with Crippen molar-refractivity contribution >= 4 is 44.7 Å². The summed E-state index contributed by atoms with van der Waals surface area (Å²) in [4.78, 5) is 61.4. The normalized spacial score (nSPS) is 26.0. The number of carbonyl (C=O) groups excluding carboxylic acids is 4. The number of terminal acetylenes is 1. The van der Waals surface area contributed by atoms with Crippen LogP contribution in [-0.2, 0) is 41.7 Å². The summed E-state index contributed by atoms with van der Waals surface area (Å²) in [6.07, 6.45) is 5.31. The standard InChI is InChI=1S/C41H49F4N5O9S/c1-6-40(35(53)49-60(55,56)38(5)19-20-38)17-12-10-8-7-9-11-13-29(47-36(54)59-37(2,3)4)34(52)50-23-39(22-30(50)33(51)48-40)18-16-26-27-21-25(57-24-42)14-15-28(27)46-32(31(26)58-39)41(43,44)45/h1,10,12,14-15,21,29-30H,7-9,11,13,16-20,22-24H2,2-5H3,(H,47,54)(H,48,51)(H,49,53). The predicted molar refractivity (Wildman–Crippen MR) is 210 cm³/mol. The SMILES string of the molecule is C#CC1(C(=O)NS(=O)(=O)C2(C)CC2)CC=CCCCCCC(NC(=O)OC(C)(C)C)C(=O)N2CC3(CCc4c(c(C(F)(F)F)nc5ccc(OCF)cc45)O3)CC2C(=O)N1. The number of aromatic nitrogens is 1. The molecule has 2 aromatic rings. The molecule has 4 amide bonds. The van der Waals surface area contributed by atoms with Gasteiger partial charge >= 0.3 is 12.3 Å². The minimum absolute atomic E-state index is 0.0251. The summed E-state index contributed by atoms with van der Waals surface area (Å²) in [5, 5.41) is 5.37. The third kappa shape index (κ3) is 9.27. The maximum atomic E-state index is 14.8. The van der Waals surface area contributed by atoms with Gasteiger partial charge in [0.05, 0.1) is 16.8 Å². The topological polar surface area (TPSA) is 182 Å². The molecule has 1 aromatic carbocycles. The van der Waals surface area contributed by atoms with E-state index in [1.807, 2.05) is 4.72 Å². The van der Waals surface area contributed by atoms with Crippen molar-refractivity contribution in [3.63, 3.8) is 0 Å². The second-order valence-electron chi connectivity index (χ2n) is 17.1. The van der Waals surface area contributed by atoms with Crippen molar-refractivity contribution in [2.45, 2.75) is 138 Å². The fourth-order valence-electron chi connectivity index (χ4n) is 7.79.